The molecule has 0 aromatic heterocycles. The standard InChI is InChI=1S/C28H51N3O2/c1-21(2)25-6-8-26(9-7-25)28(33)31-16-11-23(12-17-31)10-15-29(5)20-24-13-18-30(19-14-24)27(32)22(3)4/h21-26H,6-20H2,1-5H3. The second-order valence-electron chi connectivity index (χ2n) is 12.1. The molecule has 5 nitrogen and oxygen atoms in total. The Kier molecular flexibility index (Phi) is 10.1. The molecule has 0 N–H and O–H groups in total. The van der Waals surface area contributed by atoms with E-state index in [2.05, 4.69) is 35.6 Å². The third kappa shape index (κ3) is 7.70. The fourth-order valence-corrected chi connectivity index (χ4v) is 6.37. The minimum atomic E-state index is 0.117. The van der Waals surface area contributed by atoms with Crippen molar-refractivity contribution >= 4 is 11.8 Å². The second kappa shape index (κ2) is 12.6. The summed E-state index contributed by atoms with van der Waals surface area (Å²) in [6, 6.07) is 0. The number of likely N-dealkylation sites (tertiary alicyclic amines) is 2. The molecule has 33 heavy (non-hydrogen) atoms. The van der Waals surface area contributed by atoms with Gasteiger partial charge in [-0.3, -0.25) is 9.59 Å². The Morgan fingerprint density at radius 1 is 0.788 bits per heavy atom. The first-order chi connectivity index (χ1) is 15.7. The number of carbonyl (C=O) groups excluding carboxylic acids is 2. The van der Waals surface area contributed by atoms with E-state index < -0.39 is 0 Å². The number of hydrogen-bond acceptors (Lipinski definition) is 3. The Morgan fingerprint density at radius 3 is 1.88 bits per heavy atom. The van der Waals surface area contributed by atoms with Gasteiger partial charge in [0, 0.05) is 44.6 Å². The molecule has 0 unspecified atom stereocenters. The average Bonchev–Trinajstić information content (AvgIpc) is 2.82. The van der Waals surface area contributed by atoms with Crippen LogP contribution in [-0.4, -0.2) is 72.8 Å². The predicted molar refractivity (Wildman–Crippen MR) is 136 cm³/mol. The van der Waals surface area contributed by atoms with Gasteiger partial charge in [-0.05, 0) is 95.1 Å². The van der Waals surface area contributed by atoms with Crippen molar-refractivity contribution in [1.82, 2.24) is 14.7 Å². The number of amides is 2. The van der Waals surface area contributed by atoms with Crippen LogP contribution in [0.3, 0.4) is 0 Å². The van der Waals surface area contributed by atoms with Gasteiger partial charge >= 0.3 is 0 Å². The van der Waals surface area contributed by atoms with Gasteiger partial charge in [0.25, 0.3) is 0 Å². The summed E-state index contributed by atoms with van der Waals surface area (Å²) in [5.41, 5.74) is 0. The summed E-state index contributed by atoms with van der Waals surface area (Å²) in [5, 5.41) is 0. The van der Waals surface area contributed by atoms with Crippen molar-refractivity contribution in [2.45, 2.75) is 85.5 Å². The highest BCUT2D eigenvalue weighted by Crippen LogP contribution is 2.35. The highest BCUT2D eigenvalue weighted by molar-refractivity contribution is 5.79. The molecule has 3 aliphatic rings. The Balaban J connectivity index is 1.29. The van der Waals surface area contributed by atoms with E-state index in [1.807, 2.05) is 13.8 Å². The topological polar surface area (TPSA) is 43.9 Å². The molecule has 0 bridgehead atoms. The number of rotatable bonds is 8. The van der Waals surface area contributed by atoms with E-state index >= 15 is 0 Å². The highest BCUT2D eigenvalue weighted by atomic mass is 16.2. The van der Waals surface area contributed by atoms with Gasteiger partial charge < -0.3 is 14.7 Å². The molecule has 1 saturated carbocycles. The third-order valence-corrected chi connectivity index (χ3v) is 8.90. The summed E-state index contributed by atoms with van der Waals surface area (Å²) in [6.45, 7) is 14.8. The van der Waals surface area contributed by atoms with Crippen LogP contribution in [0.4, 0.5) is 0 Å². The molecular weight excluding hydrogens is 410 g/mol. The molecule has 2 aliphatic heterocycles. The van der Waals surface area contributed by atoms with Crippen molar-refractivity contribution in [1.29, 1.82) is 0 Å². The van der Waals surface area contributed by atoms with Gasteiger partial charge in [-0.2, -0.15) is 0 Å². The minimum absolute atomic E-state index is 0.117. The zero-order valence-corrected chi connectivity index (χ0v) is 22.2. The number of nitrogens with zero attached hydrogens (tertiary/aromatic N) is 3. The van der Waals surface area contributed by atoms with E-state index in [4.69, 9.17) is 0 Å². The van der Waals surface area contributed by atoms with Gasteiger partial charge in [-0.25, -0.2) is 0 Å². The van der Waals surface area contributed by atoms with Crippen molar-refractivity contribution in [3.05, 3.63) is 0 Å². The van der Waals surface area contributed by atoms with Gasteiger partial charge in [-0.1, -0.05) is 27.7 Å². The molecule has 3 fully saturated rings. The summed E-state index contributed by atoms with van der Waals surface area (Å²) in [6.07, 6.45) is 10.6. The molecule has 2 amide bonds. The lowest BCUT2D eigenvalue weighted by molar-refractivity contribution is -0.138. The van der Waals surface area contributed by atoms with Gasteiger partial charge in [0.15, 0.2) is 0 Å². The SMILES string of the molecule is CC(C)C(=O)N1CCC(CN(C)CCC2CCN(C(=O)C3CCC(C(C)C)CC3)CC2)CC1. The average molecular weight is 462 g/mol. The lowest BCUT2D eigenvalue weighted by atomic mass is 9.76. The summed E-state index contributed by atoms with van der Waals surface area (Å²) in [4.78, 5) is 32.0. The van der Waals surface area contributed by atoms with Crippen LogP contribution in [0.2, 0.25) is 0 Å². The van der Waals surface area contributed by atoms with Gasteiger partial charge in [0.1, 0.15) is 0 Å². The molecule has 1 aliphatic carbocycles. The summed E-state index contributed by atoms with van der Waals surface area (Å²) in [5.74, 6) is 4.25. The molecule has 190 valence electrons. The van der Waals surface area contributed by atoms with Crippen molar-refractivity contribution in [2.75, 3.05) is 46.3 Å². The van der Waals surface area contributed by atoms with Crippen LogP contribution in [-0.2, 0) is 9.59 Å². The minimum Gasteiger partial charge on any atom is -0.342 e. The zero-order valence-electron chi connectivity index (χ0n) is 22.2. The van der Waals surface area contributed by atoms with Crippen LogP contribution in [0.25, 0.3) is 0 Å². The molecule has 0 aromatic carbocycles. The van der Waals surface area contributed by atoms with Crippen LogP contribution in [0, 0.1) is 35.5 Å². The number of piperidine rings is 2. The summed E-state index contributed by atoms with van der Waals surface area (Å²) >= 11 is 0. The van der Waals surface area contributed by atoms with E-state index in [1.165, 1.54) is 32.1 Å². The van der Waals surface area contributed by atoms with E-state index in [0.29, 0.717) is 17.7 Å². The molecule has 0 atom stereocenters. The first-order valence-electron chi connectivity index (χ1n) is 14.0. The lowest BCUT2D eigenvalue weighted by Gasteiger charge is -2.37. The Morgan fingerprint density at radius 2 is 1.33 bits per heavy atom. The Labute approximate surface area is 203 Å². The van der Waals surface area contributed by atoms with Crippen LogP contribution >= 0.6 is 0 Å². The van der Waals surface area contributed by atoms with E-state index in [-0.39, 0.29) is 5.92 Å². The lowest BCUT2D eigenvalue weighted by Crippen LogP contribution is -2.44. The molecule has 0 radical (unpaired) electrons. The van der Waals surface area contributed by atoms with Crippen molar-refractivity contribution in [3.63, 3.8) is 0 Å². The van der Waals surface area contributed by atoms with Gasteiger partial charge in [-0.15, -0.1) is 0 Å². The van der Waals surface area contributed by atoms with Crippen LogP contribution in [0.1, 0.15) is 85.5 Å². The first-order valence-corrected chi connectivity index (χ1v) is 14.0. The second-order valence-corrected chi connectivity index (χ2v) is 12.1. The Hall–Kier alpha value is -1.10. The van der Waals surface area contributed by atoms with Crippen molar-refractivity contribution < 1.29 is 9.59 Å². The summed E-state index contributed by atoms with van der Waals surface area (Å²) < 4.78 is 0. The molecule has 3 rings (SSSR count). The molecule has 2 saturated heterocycles. The maximum Gasteiger partial charge on any atom is 0.225 e. The number of carbonyl (C=O) groups is 2. The Bertz CT molecular complexity index is 611. The quantitative estimate of drug-likeness (QED) is 0.516. The molecule has 0 aromatic rings. The monoisotopic (exact) mass is 461 g/mol. The largest absolute Gasteiger partial charge is 0.342 e. The molecule has 5 heteroatoms. The van der Waals surface area contributed by atoms with Crippen molar-refractivity contribution in [3.8, 4) is 0 Å². The van der Waals surface area contributed by atoms with Gasteiger partial charge in [0.2, 0.25) is 11.8 Å². The normalized spacial score (nSPS) is 25.9. The maximum atomic E-state index is 13.0. The predicted octanol–water partition coefficient (Wildman–Crippen LogP) is 4.90. The maximum absolute atomic E-state index is 13.0. The smallest absolute Gasteiger partial charge is 0.225 e. The zero-order chi connectivity index (χ0) is 24.0. The van der Waals surface area contributed by atoms with Crippen molar-refractivity contribution in [2.24, 2.45) is 35.5 Å². The van der Waals surface area contributed by atoms with E-state index in [1.54, 1.807) is 0 Å². The molecular formula is C28H51N3O2. The fourth-order valence-electron chi connectivity index (χ4n) is 6.37. The fraction of sp³-hybridized carbons (Fsp3) is 0.929. The highest BCUT2D eigenvalue weighted by Gasteiger charge is 2.32. The van der Waals surface area contributed by atoms with Gasteiger partial charge in [0.05, 0.1) is 0 Å². The van der Waals surface area contributed by atoms with E-state index in [9.17, 15) is 9.59 Å². The molecule has 0 spiro atoms. The van der Waals surface area contributed by atoms with Crippen LogP contribution < -0.4 is 0 Å². The third-order valence-electron chi connectivity index (χ3n) is 8.90. The summed E-state index contributed by atoms with van der Waals surface area (Å²) in [7, 11) is 2.26. The number of hydrogen-bond donors (Lipinski definition) is 0. The molecule has 2 heterocycles. The van der Waals surface area contributed by atoms with E-state index in [0.717, 1.165) is 88.6 Å². The first kappa shape index (κ1) is 26.5. The van der Waals surface area contributed by atoms with Crippen LogP contribution in [0.5, 0.6) is 0 Å². The van der Waals surface area contributed by atoms with Crippen LogP contribution in [0.15, 0.2) is 0 Å².